The van der Waals surface area contributed by atoms with Gasteiger partial charge in [-0.15, -0.1) is 0 Å². The molecule has 0 aromatic heterocycles. The van der Waals surface area contributed by atoms with E-state index in [1.165, 1.54) is 0 Å². The number of hydrogen-bond acceptors (Lipinski definition) is 3. The zero-order valence-electron chi connectivity index (χ0n) is 22.9. The normalized spacial score (nSPS) is 11.9. The van der Waals surface area contributed by atoms with Gasteiger partial charge in [0, 0.05) is 12.0 Å². The van der Waals surface area contributed by atoms with Crippen LogP contribution >= 0.6 is 0 Å². The molecule has 0 spiro atoms. The number of carbonyl (C=O) groups is 2. The van der Waals surface area contributed by atoms with Crippen LogP contribution < -0.4 is 10.1 Å². The van der Waals surface area contributed by atoms with Crippen LogP contribution in [0.1, 0.15) is 82.0 Å². The van der Waals surface area contributed by atoms with E-state index in [9.17, 15) is 14.7 Å². The molecular formula is C32H39NO4. The molecule has 1 atom stereocenters. The molecule has 0 aliphatic rings. The third-order valence-corrected chi connectivity index (χ3v) is 6.42. The second-order valence-electron chi connectivity index (χ2n) is 10.5. The number of hydrogen-bond donors (Lipinski definition) is 2. The Morgan fingerprint density at radius 3 is 2.24 bits per heavy atom. The minimum atomic E-state index is -0.887. The maximum atomic E-state index is 13.7. The maximum Gasteiger partial charge on any atom is 0.303 e. The van der Waals surface area contributed by atoms with Crippen LogP contribution in [0.25, 0.3) is 0 Å². The van der Waals surface area contributed by atoms with E-state index in [1.807, 2.05) is 50.2 Å². The Balaban J connectivity index is 1.90. The molecule has 3 aromatic rings. The van der Waals surface area contributed by atoms with Crippen molar-refractivity contribution >= 4 is 11.9 Å². The molecule has 3 aromatic carbocycles. The molecule has 0 saturated heterocycles. The van der Waals surface area contributed by atoms with E-state index in [0.29, 0.717) is 18.1 Å². The summed E-state index contributed by atoms with van der Waals surface area (Å²) in [5.74, 6) is 0.114. The lowest BCUT2D eigenvalue weighted by molar-refractivity contribution is -0.136. The summed E-state index contributed by atoms with van der Waals surface area (Å²) >= 11 is 0. The van der Waals surface area contributed by atoms with Crippen LogP contribution in [-0.2, 0) is 17.8 Å². The summed E-state index contributed by atoms with van der Waals surface area (Å²) in [5, 5.41) is 12.5. The molecule has 0 fully saturated rings. The van der Waals surface area contributed by atoms with E-state index < -0.39 is 5.97 Å². The number of carbonyl (C=O) groups excluding carboxylic acids is 1. The highest BCUT2D eigenvalue weighted by Crippen LogP contribution is 2.26. The monoisotopic (exact) mass is 501 g/mol. The number of nitrogens with one attached hydrogen (secondary N) is 1. The fourth-order valence-corrected chi connectivity index (χ4v) is 4.61. The Labute approximate surface area is 220 Å². The molecule has 0 radical (unpaired) electrons. The first-order valence-electron chi connectivity index (χ1n) is 12.9. The molecule has 3 rings (SSSR count). The molecular weight excluding hydrogens is 462 g/mol. The van der Waals surface area contributed by atoms with Gasteiger partial charge in [0.05, 0.1) is 6.04 Å². The average Bonchev–Trinajstić information content (AvgIpc) is 2.82. The van der Waals surface area contributed by atoms with Crippen molar-refractivity contribution in [3.8, 4) is 5.75 Å². The van der Waals surface area contributed by atoms with E-state index >= 15 is 0 Å². The number of rotatable bonds is 11. The van der Waals surface area contributed by atoms with Crippen LogP contribution in [0.4, 0.5) is 0 Å². The molecule has 1 unspecified atom stereocenters. The Morgan fingerprint density at radius 2 is 1.59 bits per heavy atom. The van der Waals surface area contributed by atoms with Gasteiger partial charge in [0.15, 0.2) is 0 Å². The molecule has 0 bridgehead atoms. The minimum Gasteiger partial charge on any atom is -0.489 e. The van der Waals surface area contributed by atoms with Crippen molar-refractivity contribution in [2.45, 2.75) is 73.5 Å². The van der Waals surface area contributed by atoms with Gasteiger partial charge in [-0.05, 0) is 86.4 Å². The van der Waals surface area contributed by atoms with Crippen molar-refractivity contribution in [2.75, 3.05) is 0 Å². The molecule has 5 nitrogen and oxygen atoms in total. The topological polar surface area (TPSA) is 75.6 Å². The Hall–Kier alpha value is -3.60. The number of aryl methyl sites for hydroxylation is 5. The van der Waals surface area contributed by atoms with Crippen molar-refractivity contribution < 1.29 is 19.4 Å². The number of carboxylic acids is 1. The Bertz CT molecular complexity index is 1240. The lowest BCUT2D eigenvalue weighted by atomic mass is 9.93. The third kappa shape index (κ3) is 8.21. The summed E-state index contributed by atoms with van der Waals surface area (Å²) in [5.41, 5.74) is 7.65. The van der Waals surface area contributed by atoms with Gasteiger partial charge in [0.1, 0.15) is 12.4 Å². The van der Waals surface area contributed by atoms with Crippen molar-refractivity contribution in [1.29, 1.82) is 0 Å². The zero-order chi connectivity index (χ0) is 27.1. The fourth-order valence-electron chi connectivity index (χ4n) is 4.61. The summed E-state index contributed by atoms with van der Waals surface area (Å²) in [4.78, 5) is 24.9. The van der Waals surface area contributed by atoms with Crippen molar-refractivity contribution in [1.82, 2.24) is 5.32 Å². The molecule has 5 heteroatoms. The second-order valence-corrected chi connectivity index (χ2v) is 10.5. The lowest BCUT2D eigenvalue weighted by Crippen LogP contribution is -2.30. The number of carboxylic acid groups (broad SMARTS) is 1. The molecule has 0 heterocycles. The molecule has 37 heavy (non-hydrogen) atoms. The summed E-state index contributed by atoms with van der Waals surface area (Å²) in [6.07, 6.45) is 1.05. The first-order chi connectivity index (χ1) is 17.5. The predicted octanol–water partition coefficient (Wildman–Crippen LogP) is 7.03. The van der Waals surface area contributed by atoms with Crippen LogP contribution in [0.15, 0.2) is 54.6 Å². The maximum absolute atomic E-state index is 13.7. The van der Waals surface area contributed by atoms with E-state index in [2.05, 4.69) is 51.2 Å². The highest BCUT2D eigenvalue weighted by Gasteiger charge is 2.21. The third-order valence-electron chi connectivity index (χ3n) is 6.42. The molecule has 196 valence electrons. The zero-order valence-corrected chi connectivity index (χ0v) is 22.9. The standard InChI is InChI=1S/C32H39NO4/c1-20(2)13-29(27-15-22(4)14-23(5)16-27)33-32(36)28-18-25(9-10-26(28)11-12-31(34)35)19-37-30-17-21(3)7-8-24(30)6/h7-10,14-18,20,29H,11-13,19H2,1-6H3,(H,33,36)(H,34,35). The fraction of sp³-hybridized carbons (Fsp3) is 0.375. The van der Waals surface area contributed by atoms with Crippen LogP contribution in [0.3, 0.4) is 0 Å². The lowest BCUT2D eigenvalue weighted by Gasteiger charge is -2.23. The summed E-state index contributed by atoms with van der Waals surface area (Å²) < 4.78 is 6.08. The van der Waals surface area contributed by atoms with Crippen LogP contribution in [0, 0.1) is 33.6 Å². The number of benzene rings is 3. The second kappa shape index (κ2) is 12.6. The van der Waals surface area contributed by atoms with Crippen LogP contribution in [-0.4, -0.2) is 17.0 Å². The van der Waals surface area contributed by atoms with E-state index in [0.717, 1.165) is 51.1 Å². The summed E-state index contributed by atoms with van der Waals surface area (Å²) in [6.45, 7) is 12.8. The van der Waals surface area contributed by atoms with Gasteiger partial charge in [-0.1, -0.05) is 67.4 Å². The molecule has 1 amide bonds. The highest BCUT2D eigenvalue weighted by molar-refractivity contribution is 5.96. The van der Waals surface area contributed by atoms with Gasteiger partial charge in [-0.3, -0.25) is 9.59 Å². The van der Waals surface area contributed by atoms with Gasteiger partial charge in [-0.2, -0.15) is 0 Å². The van der Waals surface area contributed by atoms with Crippen molar-refractivity contribution in [2.24, 2.45) is 5.92 Å². The number of amides is 1. The molecule has 0 aliphatic carbocycles. The minimum absolute atomic E-state index is 0.0366. The first-order valence-corrected chi connectivity index (χ1v) is 12.9. The predicted molar refractivity (Wildman–Crippen MR) is 148 cm³/mol. The summed E-state index contributed by atoms with van der Waals surface area (Å²) in [6, 6.07) is 17.9. The van der Waals surface area contributed by atoms with Gasteiger partial charge in [0.25, 0.3) is 5.91 Å². The SMILES string of the molecule is Cc1cc(C)cc(C(CC(C)C)NC(=O)c2cc(COc3cc(C)ccc3C)ccc2CCC(=O)O)c1. The molecule has 0 aliphatic heterocycles. The quantitative estimate of drug-likeness (QED) is 0.296. The molecule has 2 N–H and O–H groups in total. The van der Waals surface area contributed by atoms with Crippen molar-refractivity contribution in [3.63, 3.8) is 0 Å². The van der Waals surface area contributed by atoms with Gasteiger partial charge >= 0.3 is 5.97 Å². The smallest absolute Gasteiger partial charge is 0.303 e. The molecule has 0 saturated carbocycles. The van der Waals surface area contributed by atoms with E-state index in [-0.39, 0.29) is 24.8 Å². The van der Waals surface area contributed by atoms with Crippen LogP contribution in [0.5, 0.6) is 5.75 Å². The highest BCUT2D eigenvalue weighted by atomic mass is 16.5. The Kier molecular flexibility index (Phi) is 9.51. The number of ether oxygens (including phenoxy) is 1. The summed E-state index contributed by atoms with van der Waals surface area (Å²) in [7, 11) is 0. The van der Waals surface area contributed by atoms with Gasteiger partial charge < -0.3 is 15.2 Å². The van der Waals surface area contributed by atoms with E-state index in [1.54, 1.807) is 0 Å². The average molecular weight is 502 g/mol. The number of aliphatic carboxylic acids is 1. The van der Waals surface area contributed by atoms with E-state index in [4.69, 9.17) is 4.74 Å². The van der Waals surface area contributed by atoms with Gasteiger partial charge in [-0.25, -0.2) is 0 Å². The Morgan fingerprint density at radius 1 is 0.892 bits per heavy atom. The van der Waals surface area contributed by atoms with Gasteiger partial charge in [0.2, 0.25) is 0 Å². The first kappa shape index (κ1) is 28.0. The van der Waals surface area contributed by atoms with Crippen LogP contribution in [0.2, 0.25) is 0 Å². The largest absolute Gasteiger partial charge is 0.489 e. The van der Waals surface area contributed by atoms with Crippen molar-refractivity contribution in [3.05, 3.63) is 99.1 Å².